The molecule has 0 spiro atoms. The maximum atomic E-state index is 12.1. The molecule has 3 heteroatoms. The summed E-state index contributed by atoms with van der Waals surface area (Å²) in [6.07, 6.45) is 4.35. The fraction of sp³-hybridized carbons (Fsp3) is 0.588. The smallest absolute Gasteiger partial charge is 0.164 e. The van der Waals surface area contributed by atoms with Crippen molar-refractivity contribution in [1.29, 1.82) is 0 Å². The average molecular weight is 274 g/mol. The molecule has 0 N–H and O–H groups in total. The Kier molecular flexibility index (Phi) is 4.48. The highest BCUT2D eigenvalue weighted by Crippen LogP contribution is 2.37. The van der Waals surface area contributed by atoms with Gasteiger partial charge in [0.05, 0.1) is 0 Å². The first kappa shape index (κ1) is 15.0. The normalized spacial score (nSPS) is 16.9. The van der Waals surface area contributed by atoms with Gasteiger partial charge in [0, 0.05) is 36.8 Å². The molecular formula is C17H26N2O. The second-order valence-electron chi connectivity index (χ2n) is 6.12. The third-order valence-electron chi connectivity index (χ3n) is 4.70. The van der Waals surface area contributed by atoms with Gasteiger partial charge in [0.25, 0.3) is 0 Å². The Bertz CT molecular complexity index is 478. The van der Waals surface area contributed by atoms with Crippen LogP contribution in [0.4, 0.5) is 5.69 Å². The summed E-state index contributed by atoms with van der Waals surface area (Å²) in [5, 5.41) is 0. The highest BCUT2D eigenvalue weighted by molar-refractivity contribution is 6.01. The third kappa shape index (κ3) is 2.73. The average Bonchev–Trinajstić information content (AvgIpc) is 2.41. The SMILES string of the molecule is CCC(=O)c1ccccc1N(C)CC1(N(C)C)CCC1. The van der Waals surface area contributed by atoms with E-state index in [1.807, 2.05) is 25.1 Å². The van der Waals surface area contributed by atoms with Crippen LogP contribution in [0.5, 0.6) is 0 Å². The van der Waals surface area contributed by atoms with Crippen molar-refractivity contribution in [3.63, 3.8) is 0 Å². The summed E-state index contributed by atoms with van der Waals surface area (Å²) in [5.41, 5.74) is 2.19. The zero-order valence-corrected chi connectivity index (χ0v) is 13.1. The first-order chi connectivity index (χ1) is 9.50. The summed E-state index contributed by atoms with van der Waals surface area (Å²) in [4.78, 5) is 16.7. The minimum atomic E-state index is 0.222. The van der Waals surface area contributed by atoms with E-state index in [0.717, 1.165) is 17.8 Å². The zero-order valence-electron chi connectivity index (χ0n) is 13.1. The van der Waals surface area contributed by atoms with Crippen molar-refractivity contribution in [1.82, 2.24) is 4.90 Å². The summed E-state index contributed by atoms with van der Waals surface area (Å²) < 4.78 is 0. The number of anilines is 1. The summed E-state index contributed by atoms with van der Waals surface area (Å²) >= 11 is 0. The number of para-hydroxylation sites is 1. The van der Waals surface area contributed by atoms with Crippen LogP contribution in [0.3, 0.4) is 0 Å². The first-order valence-corrected chi connectivity index (χ1v) is 7.51. The fourth-order valence-electron chi connectivity index (χ4n) is 3.09. The topological polar surface area (TPSA) is 23.6 Å². The molecule has 110 valence electrons. The van der Waals surface area contributed by atoms with E-state index in [0.29, 0.717) is 6.42 Å². The van der Waals surface area contributed by atoms with Crippen molar-refractivity contribution in [2.75, 3.05) is 32.6 Å². The lowest BCUT2D eigenvalue weighted by atomic mass is 9.75. The highest BCUT2D eigenvalue weighted by Gasteiger charge is 2.40. The Morgan fingerprint density at radius 1 is 1.20 bits per heavy atom. The molecule has 0 radical (unpaired) electrons. The van der Waals surface area contributed by atoms with Crippen molar-refractivity contribution < 1.29 is 4.79 Å². The van der Waals surface area contributed by atoms with Gasteiger partial charge in [0.1, 0.15) is 0 Å². The number of nitrogens with zero attached hydrogens (tertiary/aromatic N) is 2. The molecule has 1 aromatic carbocycles. The van der Waals surface area contributed by atoms with E-state index in [1.165, 1.54) is 19.3 Å². The van der Waals surface area contributed by atoms with Gasteiger partial charge in [-0.25, -0.2) is 0 Å². The van der Waals surface area contributed by atoms with Crippen molar-refractivity contribution in [3.8, 4) is 0 Å². The van der Waals surface area contributed by atoms with Crippen molar-refractivity contribution in [2.24, 2.45) is 0 Å². The molecule has 0 aromatic heterocycles. The third-order valence-corrected chi connectivity index (χ3v) is 4.70. The highest BCUT2D eigenvalue weighted by atomic mass is 16.1. The van der Waals surface area contributed by atoms with Crippen LogP contribution in [0.2, 0.25) is 0 Å². The molecule has 20 heavy (non-hydrogen) atoms. The molecule has 1 fully saturated rings. The predicted molar refractivity (Wildman–Crippen MR) is 84.6 cm³/mol. The lowest BCUT2D eigenvalue weighted by Crippen LogP contribution is -2.56. The second-order valence-corrected chi connectivity index (χ2v) is 6.12. The molecule has 0 saturated heterocycles. The molecule has 1 aromatic rings. The molecule has 0 amide bonds. The number of carbonyl (C=O) groups is 1. The summed E-state index contributed by atoms with van der Waals surface area (Å²) in [6.45, 7) is 2.90. The summed E-state index contributed by atoms with van der Waals surface area (Å²) in [6, 6.07) is 7.97. The molecule has 0 heterocycles. The van der Waals surface area contributed by atoms with E-state index in [2.05, 4.69) is 37.0 Å². The molecule has 0 atom stereocenters. The Labute approximate surface area is 122 Å². The lowest BCUT2D eigenvalue weighted by molar-refractivity contribution is 0.0682. The van der Waals surface area contributed by atoms with Crippen molar-refractivity contribution in [3.05, 3.63) is 29.8 Å². The van der Waals surface area contributed by atoms with Gasteiger partial charge < -0.3 is 9.80 Å². The van der Waals surface area contributed by atoms with Crippen LogP contribution in [0.15, 0.2) is 24.3 Å². The molecule has 0 aliphatic heterocycles. The van der Waals surface area contributed by atoms with Crippen LogP contribution in [0.25, 0.3) is 0 Å². The number of ketones is 1. The number of Topliss-reactive ketones (excluding diaryl/α,β-unsaturated/α-hetero) is 1. The first-order valence-electron chi connectivity index (χ1n) is 7.51. The molecule has 1 aliphatic carbocycles. The predicted octanol–water partition coefficient (Wildman–Crippen LogP) is 3.20. The van der Waals surface area contributed by atoms with Gasteiger partial charge in [-0.2, -0.15) is 0 Å². The van der Waals surface area contributed by atoms with Crippen LogP contribution < -0.4 is 4.90 Å². The molecule has 1 aliphatic rings. The van der Waals surface area contributed by atoms with Gasteiger partial charge in [0.15, 0.2) is 5.78 Å². The summed E-state index contributed by atoms with van der Waals surface area (Å²) in [5.74, 6) is 0.222. The second kappa shape index (κ2) is 5.96. The van der Waals surface area contributed by atoms with Crippen LogP contribution >= 0.6 is 0 Å². The number of carbonyl (C=O) groups excluding carboxylic acids is 1. The number of rotatable bonds is 6. The molecule has 3 nitrogen and oxygen atoms in total. The fourth-order valence-corrected chi connectivity index (χ4v) is 3.09. The number of hydrogen-bond donors (Lipinski definition) is 0. The molecular weight excluding hydrogens is 248 g/mol. The Balaban J connectivity index is 2.21. The van der Waals surface area contributed by atoms with E-state index in [9.17, 15) is 4.79 Å². The summed E-state index contributed by atoms with van der Waals surface area (Å²) in [7, 11) is 6.43. The van der Waals surface area contributed by atoms with Gasteiger partial charge in [-0.05, 0) is 45.5 Å². The lowest BCUT2D eigenvalue weighted by Gasteiger charge is -2.49. The van der Waals surface area contributed by atoms with E-state index in [1.54, 1.807) is 0 Å². The van der Waals surface area contributed by atoms with E-state index in [4.69, 9.17) is 0 Å². The molecule has 0 unspecified atom stereocenters. The largest absolute Gasteiger partial charge is 0.372 e. The van der Waals surface area contributed by atoms with E-state index >= 15 is 0 Å². The Morgan fingerprint density at radius 2 is 1.85 bits per heavy atom. The minimum Gasteiger partial charge on any atom is -0.372 e. The number of benzene rings is 1. The Morgan fingerprint density at radius 3 is 2.35 bits per heavy atom. The van der Waals surface area contributed by atoms with E-state index in [-0.39, 0.29) is 11.3 Å². The molecule has 1 saturated carbocycles. The molecule has 2 rings (SSSR count). The van der Waals surface area contributed by atoms with Gasteiger partial charge >= 0.3 is 0 Å². The van der Waals surface area contributed by atoms with Crippen molar-refractivity contribution >= 4 is 11.5 Å². The maximum absolute atomic E-state index is 12.1. The van der Waals surface area contributed by atoms with Crippen molar-refractivity contribution in [2.45, 2.75) is 38.1 Å². The van der Waals surface area contributed by atoms with Crippen LogP contribution in [0, 0.1) is 0 Å². The van der Waals surface area contributed by atoms with E-state index < -0.39 is 0 Å². The quantitative estimate of drug-likeness (QED) is 0.744. The Hall–Kier alpha value is -1.35. The number of hydrogen-bond acceptors (Lipinski definition) is 3. The van der Waals surface area contributed by atoms with Crippen LogP contribution in [-0.4, -0.2) is 43.9 Å². The van der Waals surface area contributed by atoms with Gasteiger partial charge in [-0.1, -0.05) is 19.1 Å². The van der Waals surface area contributed by atoms with Gasteiger partial charge in [0.2, 0.25) is 0 Å². The number of likely N-dealkylation sites (N-methyl/N-ethyl adjacent to an activating group) is 2. The van der Waals surface area contributed by atoms with Crippen LogP contribution in [-0.2, 0) is 0 Å². The van der Waals surface area contributed by atoms with Gasteiger partial charge in [-0.3, -0.25) is 4.79 Å². The van der Waals surface area contributed by atoms with Gasteiger partial charge in [-0.15, -0.1) is 0 Å². The minimum absolute atomic E-state index is 0.222. The zero-order chi connectivity index (χ0) is 14.8. The van der Waals surface area contributed by atoms with Crippen LogP contribution in [0.1, 0.15) is 43.0 Å². The monoisotopic (exact) mass is 274 g/mol. The maximum Gasteiger partial charge on any atom is 0.164 e. The molecule has 0 bridgehead atoms. The standard InChI is InChI=1S/C17H26N2O/c1-5-16(20)14-9-6-7-10-15(14)19(4)13-17(18(2)3)11-8-12-17/h6-7,9-10H,5,8,11-13H2,1-4H3.